The molecule has 1 unspecified atom stereocenters. The van der Waals surface area contributed by atoms with E-state index in [1.807, 2.05) is 0 Å². The van der Waals surface area contributed by atoms with Crippen molar-refractivity contribution in [2.75, 3.05) is 5.62 Å². The molecule has 0 heterocycles. The standard InChI is InChI=1S/C4H6ClO5P/c1-3(4(6)7)10-11(8,9)2-5/h1-2H2,(H,6,7)(H,8,9). The van der Waals surface area contributed by atoms with Crippen molar-refractivity contribution in [3.8, 4) is 0 Å². The Labute approximate surface area is 67.8 Å². The van der Waals surface area contributed by atoms with Crippen molar-refractivity contribution in [3.63, 3.8) is 0 Å². The van der Waals surface area contributed by atoms with Crippen LogP contribution in [0.2, 0.25) is 0 Å². The first-order valence-electron chi connectivity index (χ1n) is 2.38. The molecular formula is C4H6ClO5P. The predicted molar refractivity (Wildman–Crippen MR) is 38.4 cm³/mol. The summed E-state index contributed by atoms with van der Waals surface area (Å²) in [6.45, 7) is 2.87. The largest absolute Gasteiger partial charge is 0.475 e. The van der Waals surface area contributed by atoms with E-state index >= 15 is 0 Å². The molecule has 0 saturated heterocycles. The van der Waals surface area contributed by atoms with Crippen molar-refractivity contribution in [1.82, 2.24) is 0 Å². The molecule has 5 nitrogen and oxygen atoms in total. The third-order valence-corrected chi connectivity index (χ3v) is 2.36. The molecule has 1 atom stereocenters. The van der Waals surface area contributed by atoms with E-state index in [0.29, 0.717) is 0 Å². The number of rotatable bonds is 4. The minimum Gasteiger partial charge on any atom is -0.475 e. The van der Waals surface area contributed by atoms with Gasteiger partial charge in [0.05, 0.1) is 0 Å². The lowest BCUT2D eigenvalue weighted by molar-refractivity contribution is -0.135. The molecule has 0 fully saturated rings. The topological polar surface area (TPSA) is 83.8 Å². The minimum atomic E-state index is -4.00. The van der Waals surface area contributed by atoms with Crippen LogP contribution in [0.15, 0.2) is 12.3 Å². The molecule has 0 bridgehead atoms. The number of halogens is 1. The van der Waals surface area contributed by atoms with Gasteiger partial charge >= 0.3 is 13.6 Å². The molecule has 0 aliphatic rings. The highest BCUT2D eigenvalue weighted by molar-refractivity contribution is 7.54. The fraction of sp³-hybridized carbons (Fsp3) is 0.250. The quantitative estimate of drug-likeness (QED) is 0.306. The molecule has 0 rings (SSSR count). The van der Waals surface area contributed by atoms with E-state index in [1.165, 1.54) is 0 Å². The van der Waals surface area contributed by atoms with E-state index in [1.54, 1.807) is 0 Å². The maximum atomic E-state index is 10.6. The molecule has 0 amide bonds. The zero-order valence-corrected chi connectivity index (χ0v) is 7.01. The van der Waals surface area contributed by atoms with Crippen LogP contribution in [-0.4, -0.2) is 21.6 Å². The van der Waals surface area contributed by atoms with Crippen molar-refractivity contribution < 1.29 is 23.9 Å². The number of hydrogen-bond acceptors (Lipinski definition) is 3. The second kappa shape index (κ2) is 3.76. The summed E-state index contributed by atoms with van der Waals surface area (Å²) in [4.78, 5) is 18.6. The maximum absolute atomic E-state index is 10.6. The highest BCUT2D eigenvalue weighted by Gasteiger charge is 2.22. The third kappa shape index (κ3) is 4.03. The zero-order chi connectivity index (χ0) is 9.07. The van der Waals surface area contributed by atoms with Gasteiger partial charge < -0.3 is 14.5 Å². The first kappa shape index (κ1) is 10.5. The summed E-state index contributed by atoms with van der Waals surface area (Å²) in [7, 11) is -4.00. The molecule has 2 N–H and O–H groups in total. The van der Waals surface area contributed by atoms with Crippen LogP contribution in [0.1, 0.15) is 0 Å². The first-order valence-corrected chi connectivity index (χ1v) is 4.68. The van der Waals surface area contributed by atoms with Crippen molar-refractivity contribution in [3.05, 3.63) is 12.3 Å². The smallest absolute Gasteiger partial charge is 0.391 e. The predicted octanol–water partition coefficient (Wildman–Crippen LogP) is 0.983. The lowest BCUT2D eigenvalue weighted by Crippen LogP contribution is -2.02. The van der Waals surface area contributed by atoms with Crippen LogP contribution in [0, 0.1) is 0 Å². The van der Waals surface area contributed by atoms with Crippen molar-refractivity contribution in [2.24, 2.45) is 0 Å². The average Bonchev–Trinajstić information content (AvgIpc) is 1.87. The Morgan fingerprint density at radius 3 is 2.45 bits per heavy atom. The van der Waals surface area contributed by atoms with Crippen molar-refractivity contribution in [1.29, 1.82) is 0 Å². The fourth-order valence-corrected chi connectivity index (χ4v) is 0.853. The number of carbonyl (C=O) groups is 1. The first-order chi connectivity index (χ1) is 4.89. The van der Waals surface area contributed by atoms with Gasteiger partial charge in [0.15, 0.2) is 0 Å². The second-order valence-corrected chi connectivity index (χ2v) is 3.99. The lowest BCUT2D eigenvalue weighted by atomic mass is 10.6. The van der Waals surface area contributed by atoms with Gasteiger partial charge in [0.1, 0.15) is 5.62 Å². The normalized spacial score (nSPS) is 15.1. The van der Waals surface area contributed by atoms with Gasteiger partial charge in [-0.15, -0.1) is 11.6 Å². The molecule has 7 heteroatoms. The fourth-order valence-electron chi connectivity index (χ4n) is 0.236. The van der Waals surface area contributed by atoms with Gasteiger partial charge in [0.2, 0.25) is 5.76 Å². The molecule has 0 radical (unpaired) electrons. The van der Waals surface area contributed by atoms with Gasteiger partial charge in [0, 0.05) is 0 Å². The molecule has 0 aromatic heterocycles. The number of alkyl halides is 1. The van der Waals surface area contributed by atoms with Crippen LogP contribution >= 0.6 is 19.2 Å². The van der Waals surface area contributed by atoms with Gasteiger partial charge in [-0.2, -0.15) is 0 Å². The summed E-state index contributed by atoms with van der Waals surface area (Å²) >= 11 is 4.97. The van der Waals surface area contributed by atoms with Gasteiger partial charge in [-0.05, 0) is 6.58 Å². The van der Waals surface area contributed by atoms with E-state index in [2.05, 4.69) is 11.1 Å². The molecular weight excluding hydrogens is 194 g/mol. The number of carboxylic acid groups (broad SMARTS) is 1. The molecule has 0 aromatic carbocycles. The molecule has 64 valence electrons. The highest BCUT2D eigenvalue weighted by Crippen LogP contribution is 2.44. The summed E-state index contributed by atoms with van der Waals surface area (Å²) < 4.78 is 14.6. The summed E-state index contributed by atoms with van der Waals surface area (Å²) in [5.41, 5.74) is -0.667. The SMILES string of the molecule is C=C(OP(=O)(O)CCl)C(=O)O. The van der Waals surface area contributed by atoms with Crippen molar-refractivity contribution >= 4 is 25.2 Å². The van der Waals surface area contributed by atoms with Gasteiger partial charge in [0.25, 0.3) is 0 Å². The Morgan fingerprint density at radius 2 is 2.18 bits per heavy atom. The molecule has 0 spiro atoms. The van der Waals surface area contributed by atoms with Crippen LogP contribution in [0.3, 0.4) is 0 Å². The summed E-state index contributed by atoms with van der Waals surface area (Å²) in [6, 6.07) is 0. The Kier molecular flexibility index (Phi) is 3.58. The average molecular weight is 201 g/mol. The Bertz CT molecular complexity index is 225. The van der Waals surface area contributed by atoms with Crippen LogP contribution in [0.4, 0.5) is 0 Å². The van der Waals surface area contributed by atoms with Crippen LogP contribution in [0.5, 0.6) is 0 Å². The highest BCUT2D eigenvalue weighted by atomic mass is 35.5. The van der Waals surface area contributed by atoms with Crippen molar-refractivity contribution in [2.45, 2.75) is 0 Å². The molecule has 0 saturated carbocycles. The Balaban J connectivity index is 4.16. The van der Waals surface area contributed by atoms with E-state index in [9.17, 15) is 9.36 Å². The molecule has 11 heavy (non-hydrogen) atoms. The van der Waals surface area contributed by atoms with E-state index in [4.69, 9.17) is 21.6 Å². The maximum Gasteiger partial charge on any atom is 0.391 e. The minimum absolute atomic E-state index is 0.667. The zero-order valence-electron chi connectivity index (χ0n) is 5.36. The van der Waals surface area contributed by atoms with Gasteiger partial charge in [-0.1, -0.05) is 0 Å². The Morgan fingerprint density at radius 1 is 1.73 bits per heavy atom. The Hall–Kier alpha value is -0.510. The molecule has 0 aliphatic carbocycles. The number of carboxylic acids is 1. The van der Waals surface area contributed by atoms with Crippen LogP contribution in [0.25, 0.3) is 0 Å². The number of hydrogen-bond donors (Lipinski definition) is 2. The molecule has 0 aliphatic heterocycles. The third-order valence-electron chi connectivity index (χ3n) is 0.642. The van der Waals surface area contributed by atoms with E-state index < -0.39 is 24.9 Å². The lowest BCUT2D eigenvalue weighted by Gasteiger charge is -2.08. The van der Waals surface area contributed by atoms with E-state index in [-0.39, 0.29) is 0 Å². The summed E-state index contributed by atoms with van der Waals surface area (Å²) in [5, 5.41) is 8.14. The van der Waals surface area contributed by atoms with Gasteiger partial charge in [-0.3, -0.25) is 0 Å². The van der Waals surface area contributed by atoms with E-state index in [0.717, 1.165) is 0 Å². The van der Waals surface area contributed by atoms with Gasteiger partial charge in [-0.25, -0.2) is 9.36 Å². The summed E-state index contributed by atoms with van der Waals surface area (Å²) in [6.07, 6.45) is 0. The van der Waals surface area contributed by atoms with Crippen LogP contribution in [-0.2, 0) is 13.9 Å². The second-order valence-electron chi connectivity index (χ2n) is 1.58. The molecule has 0 aromatic rings. The number of aliphatic carboxylic acids is 1. The van der Waals surface area contributed by atoms with Crippen LogP contribution < -0.4 is 0 Å². The summed E-state index contributed by atoms with van der Waals surface area (Å²) in [5.74, 6) is -2.29. The monoisotopic (exact) mass is 200 g/mol.